The Kier molecular flexibility index (Phi) is 5.37. The molecule has 1 heterocycles. The summed E-state index contributed by atoms with van der Waals surface area (Å²) in [5.41, 5.74) is 6.65. The maximum absolute atomic E-state index is 12.2. The Bertz CT molecular complexity index is 458. The van der Waals surface area contributed by atoms with Gasteiger partial charge in [0.15, 0.2) is 0 Å². The predicted molar refractivity (Wildman–Crippen MR) is 85.8 cm³/mol. The highest BCUT2D eigenvalue weighted by atomic mass is 16.2. The molecule has 1 fully saturated rings. The zero-order valence-corrected chi connectivity index (χ0v) is 13.1. The topological polar surface area (TPSA) is 58.4 Å². The number of nitrogens with one attached hydrogen (secondary N) is 1. The highest BCUT2D eigenvalue weighted by Crippen LogP contribution is 2.15. The van der Waals surface area contributed by atoms with Crippen LogP contribution in [0.25, 0.3) is 0 Å². The molecule has 2 atom stereocenters. The second-order valence-electron chi connectivity index (χ2n) is 6.35. The maximum atomic E-state index is 12.2. The third-order valence-corrected chi connectivity index (χ3v) is 4.14. The Morgan fingerprint density at radius 1 is 1.43 bits per heavy atom. The monoisotopic (exact) mass is 289 g/mol. The van der Waals surface area contributed by atoms with Crippen molar-refractivity contribution in [3.8, 4) is 0 Å². The SMILES string of the molecule is CCCC(C)(N)C(=O)NC1CCN(Cc2ccccc2)C1. The van der Waals surface area contributed by atoms with Crippen LogP contribution in [0.4, 0.5) is 0 Å². The normalized spacial score (nSPS) is 22.0. The Morgan fingerprint density at radius 3 is 2.81 bits per heavy atom. The van der Waals surface area contributed by atoms with Gasteiger partial charge in [-0.05, 0) is 25.3 Å². The number of amides is 1. The minimum atomic E-state index is -0.748. The Labute approximate surface area is 127 Å². The van der Waals surface area contributed by atoms with E-state index in [4.69, 9.17) is 5.73 Å². The molecule has 0 aromatic heterocycles. The number of hydrogen-bond donors (Lipinski definition) is 2. The highest BCUT2D eigenvalue weighted by Gasteiger charge is 2.31. The Hall–Kier alpha value is -1.39. The van der Waals surface area contributed by atoms with Crippen LogP contribution < -0.4 is 11.1 Å². The predicted octanol–water partition coefficient (Wildman–Crippen LogP) is 1.89. The molecule has 1 aliphatic heterocycles. The minimum Gasteiger partial charge on any atom is -0.350 e. The van der Waals surface area contributed by atoms with E-state index in [0.717, 1.165) is 38.9 Å². The van der Waals surface area contributed by atoms with Crippen LogP contribution in [0.5, 0.6) is 0 Å². The van der Waals surface area contributed by atoms with Gasteiger partial charge in [0.1, 0.15) is 0 Å². The number of likely N-dealkylation sites (tertiary alicyclic amines) is 1. The first-order chi connectivity index (χ1) is 10.0. The Morgan fingerprint density at radius 2 is 2.14 bits per heavy atom. The quantitative estimate of drug-likeness (QED) is 0.841. The molecule has 116 valence electrons. The van der Waals surface area contributed by atoms with Gasteiger partial charge in [0, 0.05) is 25.7 Å². The van der Waals surface area contributed by atoms with Crippen molar-refractivity contribution in [3.05, 3.63) is 35.9 Å². The lowest BCUT2D eigenvalue weighted by Gasteiger charge is -2.25. The van der Waals surface area contributed by atoms with Gasteiger partial charge in [-0.2, -0.15) is 0 Å². The highest BCUT2D eigenvalue weighted by molar-refractivity contribution is 5.85. The zero-order valence-electron chi connectivity index (χ0n) is 13.1. The molecule has 0 spiro atoms. The van der Waals surface area contributed by atoms with Gasteiger partial charge < -0.3 is 11.1 Å². The van der Waals surface area contributed by atoms with E-state index >= 15 is 0 Å². The molecule has 1 amide bonds. The summed E-state index contributed by atoms with van der Waals surface area (Å²) >= 11 is 0. The van der Waals surface area contributed by atoms with E-state index in [1.165, 1.54) is 5.56 Å². The van der Waals surface area contributed by atoms with Gasteiger partial charge in [-0.25, -0.2) is 0 Å². The molecule has 0 radical (unpaired) electrons. The fourth-order valence-corrected chi connectivity index (χ4v) is 2.92. The lowest BCUT2D eigenvalue weighted by Crippen LogP contribution is -2.54. The number of nitrogens with two attached hydrogens (primary N) is 1. The molecule has 0 aliphatic carbocycles. The summed E-state index contributed by atoms with van der Waals surface area (Å²) in [5.74, 6) is -0.0177. The van der Waals surface area contributed by atoms with Gasteiger partial charge in [-0.3, -0.25) is 9.69 Å². The smallest absolute Gasteiger partial charge is 0.240 e. The van der Waals surface area contributed by atoms with Crippen molar-refractivity contribution >= 4 is 5.91 Å². The first kappa shape index (κ1) is 16.0. The first-order valence-corrected chi connectivity index (χ1v) is 7.87. The number of benzene rings is 1. The number of carbonyl (C=O) groups is 1. The van der Waals surface area contributed by atoms with Crippen LogP contribution in [-0.2, 0) is 11.3 Å². The minimum absolute atomic E-state index is 0.0177. The standard InChI is InChI=1S/C17H27N3O/c1-3-10-17(2,18)16(21)19-15-9-11-20(13-15)12-14-7-5-4-6-8-14/h4-8,15H,3,9-13,18H2,1-2H3,(H,19,21). The average molecular weight is 289 g/mol. The molecular weight excluding hydrogens is 262 g/mol. The van der Waals surface area contributed by atoms with Crippen LogP contribution in [0.15, 0.2) is 30.3 Å². The number of nitrogens with zero attached hydrogens (tertiary/aromatic N) is 1. The molecule has 0 saturated carbocycles. The van der Waals surface area contributed by atoms with E-state index in [1.54, 1.807) is 0 Å². The fourth-order valence-electron chi connectivity index (χ4n) is 2.92. The molecule has 2 unspecified atom stereocenters. The lowest BCUT2D eigenvalue weighted by molar-refractivity contribution is -0.126. The molecular formula is C17H27N3O. The van der Waals surface area contributed by atoms with Crippen LogP contribution in [0.2, 0.25) is 0 Å². The molecule has 1 aromatic carbocycles. The van der Waals surface area contributed by atoms with Crippen LogP contribution in [0, 0.1) is 0 Å². The fraction of sp³-hybridized carbons (Fsp3) is 0.588. The molecule has 0 bridgehead atoms. The van der Waals surface area contributed by atoms with Gasteiger partial charge in [0.2, 0.25) is 5.91 Å². The summed E-state index contributed by atoms with van der Waals surface area (Å²) in [6, 6.07) is 10.7. The van der Waals surface area contributed by atoms with E-state index in [2.05, 4.69) is 41.4 Å². The van der Waals surface area contributed by atoms with Crippen LogP contribution in [0.1, 0.15) is 38.7 Å². The average Bonchev–Trinajstić information content (AvgIpc) is 2.87. The molecule has 4 nitrogen and oxygen atoms in total. The summed E-state index contributed by atoms with van der Waals surface area (Å²) in [4.78, 5) is 14.6. The first-order valence-electron chi connectivity index (χ1n) is 7.87. The van der Waals surface area contributed by atoms with Crippen molar-refractivity contribution in [2.24, 2.45) is 5.73 Å². The molecule has 21 heavy (non-hydrogen) atoms. The summed E-state index contributed by atoms with van der Waals surface area (Å²) in [5, 5.41) is 3.11. The van der Waals surface area contributed by atoms with E-state index in [-0.39, 0.29) is 11.9 Å². The summed E-state index contributed by atoms with van der Waals surface area (Å²) < 4.78 is 0. The third-order valence-electron chi connectivity index (χ3n) is 4.14. The zero-order chi connectivity index (χ0) is 15.3. The van der Waals surface area contributed by atoms with Gasteiger partial charge in [0.05, 0.1) is 5.54 Å². The van der Waals surface area contributed by atoms with Gasteiger partial charge in [-0.15, -0.1) is 0 Å². The van der Waals surface area contributed by atoms with Crippen LogP contribution in [0.3, 0.4) is 0 Å². The van der Waals surface area contributed by atoms with E-state index in [0.29, 0.717) is 0 Å². The van der Waals surface area contributed by atoms with Crippen molar-refractivity contribution in [1.82, 2.24) is 10.2 Å². The van der Waals surface area contributed by atoms with E-state index in [1.807, 2.05) is 13.0 Å². The molecule has 1 aliphatic rings. The van der Waals surface area contributed by atoms with E-state index in [9.17, 15) is 4.79 Å². The maximum Gasteiger partial charge on any atom is 0.240 e. The number of carbonyl (C=O) groups excluding carboxylic acids is 1. The second-order valence-corrected chi connectivity index (χ2v) is 6.35. The summed E-state index contributed by atoms with van der Waals surface area (Å²) in [7, 11) is 0. The van der Waals surface area contributed by atoms with Gasteiger partial charge in [0.25, 0.3) is 0 Å². The Balaban J connectivity index is 1.81. The van der Waals surface area contributed by atoms with Crippen molar-refractivity contribution < 1.29 is 4.79 Å². The third kappa shape index (κ3) is 4.55. The second kappa shape index (κ2) is 7.05. The van der Waals surface area contributed by atoms with Crippen LogP contribution >= 0.6 is 0 Å². The lowest BCUT2D eigenvalue weighted by atomic mass is 9.96. The number of rotatable bonds is 6. The molecule has 2 rings (SSSR count). The van der Waals surface area contributed by atoms with Crippen molar-refractivity contribution in [3.63, 3.8) is 0 Å². The van der Waals surface area contributed by atoms with Crippen molar-refractivity contribution in [1.29, 1.82) is 0 Å². The molecule has 4 heteroatoms. The molecule has 1 saturated heterocycles. The number of hydrogen-bond acceptors (Lipinski definition) is 3. The van der Waals surface area contributed by atoms with E-state index < -0.39 is 5.54 Å². The van der Waals surface area contributed by atoms with Gasteiger partial charge in [-0.1, -0.05) is 43.7 Å². The summed E-state index contributed by atoms with van der Waals surface area (Å²) in [6.45, 7) is 6.75. The largest absolute Gasteiger partial charge is 0.350 e. The molecule has 1 aromatic rings. The van der Waals surface area contributed by atoms with Gasteiger partial charge >= 0.3 is 0 Å². The van der Waals surface area contributed by atoms with Crippen LogP contribution in [-0.4, -0.2) is 35.5 Å². The van der Waals surface area contributed by atoms with Crippen molar-refractivity contribution in [2.45, 2.75) is 51.2 Å². The summed E-state index contributed by atoms with van der Waals surface area (Å²) in [6.07, 6.45) is 2.64. The molecule has 3 N–H and O–H groups in total. The van der Waals surface area contributed by atoms with Crippen molar-refractivity contribution in [2.75, 3.05) is 13.1 Å².